The van der Waals surface area contributed by atoms with Gasteiger partial charge in [0.25, 0.3) is 0 Å². The fourth-order valence-electron chi connectivity index (χ4n) is 2.26. The quantitative estimate of drug-likeness (QED) is 0.904. The van der Waals surface area contributed by atoms with Gasteiger partial charge in [0.2, 0.25) is 0 Å². The van der Waals surface area contributed by atoms with Crippen LogP contribution in [0.5, 0.6) is 0 Å². The molecule has 4 nitrogen and oxygen atoms in total. The first-order valence-electron chi connectivity index (χ1n) is 6.00. The summed E-state index contributed by atoms with van der Waals surface area (Å²) in [4.78, 5) is 6.47. The number of nitrogens with zero attached hydrogens (tertiary/aromatic N) is 2. The van der Waals surface area contributed by atoms with E-state index in [1.165, 1.54) is 0 Å². The van der Waals surface area contributed by atoms with E-state index in [0.717, 1.165) is 43.9 Å². The van der Waals surface area contributed by atoms with Crippen molar-refractivity contribution in [2.45, 2.75) is 44.2 Å². The highest BCUT2D eigenvalue weighted by atomic mass is 35.5. The minimum Gasteiger partial charge on any atom is -0.444 e. The van der Waals surface area contributed by atoms with Crippen molar-refractivity contribution in [1.29, 1.82) is 0 Å². The van der Waals surface area contributed by atoms with E-state index in [4.69, 9.17) is 10.2 Å². The molecule has 0 saturated heterocycles. The first-order valence-corrected chi connectivity index (χ1v) is 6.00. The van der Waals surface area contributed by atoms with Crippen LogP contribution in [0.25, 0.3) is 0 Å². The van der Waals surface area contributed by atoms with Crippen molar-refractivity contribution in [3.8, 4) is 0 Å². The summed E-state index contributed by atoms with van der Waals surface area (Å²) in [5.74, 6) is 2.34. The van der Waals surface area contributed by atoms with E-state index in [0.29, 0.717) is 12.0 Å². The van der Waals surface area contributed by atoms with Crippen molar-refractivity contribution in [1.82, 2.24) is 9.88 Å². The Hall–Kier alpha value is -0.580. The molecule has 98 valence electrons. The van der Waals surface area contributed by atoms with Crippen LogP contribution in [0.3, 0.4) is 0 Å². The Morgan fingerprint density at radius 2 is 2.00 bits per heavy atom. The maximum atomic E-state index is 5.89. The van der Waals surface area contributed by atoms with E-state index in [9.17, 15) is 0 Å². The molecular formula is C12H22ClN3O. The molecule has 0 unspecified atom stereocenters. The Bertz CT molecular complexity index is 332. The summed E-state index contributed by atoms with van der Waals surface area (Å²) in [6.45, 7) is 0.819. The van der Waals surface area contributed by atoms with Crippen LogP contribution in [0.15, 0.2) is 10.6 Å². The van der Waals surface area contributed by atoms with Crippen LogP contribution in [-0.2, 0) is 6.54 Å². The van der Waals surface area contributed by atoms with Crippen LogP contribution in [0, 0.1) is 0 Å². The lowest BCUT2D eigenvalue weighted by Crippen LogP contribution is -2.25. The second-order valence-electron chi connectivity index (χ2n) is 5.01. The zero-order valence-corrected chi connectivity index (χ0v) is 11.4. The standard InChI is InChI=1S/C12H21N3O.ClH/c1-15(2)8-11-7-14-12(16-11)9-3-5-10(13)6-4-9;/h7,9-10H,3-6,8,13H2,1-2H3;1H. The molecular weight excluding hydrogens is 238 g/mol. The van der Waals surface area contributed by atoms with Gasteiger partial charge in [-0.1, -0.05) is 0 Å². The number of rotatable bonds is 3. The molecule has 0 atom stereocenters. The van der Waals surface area contributed by atoms with Gasteiger partial charge in [0.1, 0.15) is 5.76 Å². The van der Waals surface area contributed by atoms with Crippen molar-refractivity contribution >= 4 is 12.4 Å². The SMILES string of the molecule is CN(C)Cc1cnc(C2CCC(N)CC2)o1.Cl. The van der Waals surface area contributed by atoms with E-state index in [1.807, 2.05) is 20.3 Å². The summed E-state index contributed by atoms with van der Waals surface area (Å²) in [6, 6.07) is 0.382. The summed E-state index contributed by atoms with van der Waals surface area (Å²) < 4.78 is 5.78. The molecule has 1 fully saturated rings. The fraction of sp³-hybridized carbons (Fsp3) is 0.750. The van der Waals surface area contributed by atoms with Crippen LogP contribution in [-0.4, -0.2) is 30.0 Å². The molecule has 1 saturated carbocycles. The molecule has 17 heavy (non-hydrogen) atoms. The zero-order valence-electron chi connectivity index (χ0n) is 10.6. The maximum Gasteiger partial charge on any atom is 0.197 e. The summed E-state index contributed by atoms with van der Waals surface area (Å²) >= 11 is 0. The van der Waals surface area contributed by atoms with Crippen molar-refractivity contribution in [2.75, 3.05) is 14.1 Å². The topological polar surface area (TPSA) is 55.3 Å². The molecule has 5 heteroatoms. The lowest BCUT2D eigenvalue weighted by Gasteiger charge is -2.23. The van der Waals surface area contributed by atoms with Crippen LogP contribution in [0.4, 0.5) is 0 Å². The van der Waals surface area contributed by atoms with Gasteiger partial charge in [-0.15, -0.1) is 12.4 Å². The molecule has 1 heterocycles. The first kappa shape index (κ1) is 14.5. The summed E-state index contributed by atoms with van der Waals surface area (Å²) in [5, 5.41) is 0. The van der Waals surface area contributed by atoms with E-state index < -0.39 is 0 Å². The van der Waals surface area contributed by atoms with Gasteiger partial charge >= 0.3 is 0 Å². The molecule has 2 N–H and O–H groups in total. The molecule has 1 aliphatic carbocycles. The van der Waals surface area contributed by atoms with Crippen LogP contribution in [0.2, 0.25) is 0 Å². The lowest BCUT2D eigenvalue weighted by molar-refractivity contribution is 0.304. The number of hydrogen-bond donors (Lipinski definition) is 1. The predicted octanol–water partition coefficient (Wildman–Crippen LogP) is 2.14. The van der Waals surface area contributed by atoms with Gasteiger partial charge in [-0.2, -0.15) is 0 Å². The number of nitrogens with two attached hydrogens (primary N) is 1. The molecule has 1 aliphatic rings. The van der Waals surface area contributed by atoms with Gasteiger partial charge in [-0.05, 0) is 39.8 Å². The maximum absolute atomic E-state index is 5.89. The first-order chi connectivity index (χ1) is 7.65. The molecule has 2 rings (SSSR count). The van der Waals surface area contributed by atoms with Gasteiger partial charge in [0.05, 0.1) is 12.7 Å². The number of oxazole rings is 1. The number of hydrogen-bond acceptors (Lipinski definition) is 4. The summed E-state index contributed by atoms with van der Waals surface area (Å²) in [6.07, 6.45) is 6.27. The van der Waals surface area contributed by atoms with Gasteiger partial charge in [0, 0.05) is 12.0 Å². The minimum absolute atomic E-state index is 0. The third kappa shape index (κ3) is 3.98. The Kier molecular flexibility index (Phi) is 5.43. The van der Waals surface area contributed by atoms with Crippen molar-refractivity contribution in [2.24, 2.45) is 5.73 Å². The fourth-order valence-corrected chi connectivity index (χ4v) is 2.26. The van der Waals surface area contributed by atoms with Gasteiger partial charge in [-0.3, -0.25) is 0 Å². The van der Waals surface area contributed by atoms with Gasteiger partial charge in [-0.25, -0.2) is 4.98 Å². The zero-order chi connectivity index (χ0) is 11.5. The Balaban J connectivity index is 0.00000144. The molecule has 0 aromatic carbocycles. The molecule has 0 amide bonds. The van der Waals surface area contributed by atoms with Crippen LogP contribution < -0.4 is 5.73 Å². The molecule has 0 bridgehead atoms. The van der Waals surface area contributed by atoms with Crippen LogP contribution >= 0.6 is 12.4 Å². The third-order valence-electron chi connectivity index (χ3n) is 3.16. The minimum atomic E-state index is 0. The van der Waals surface area contributed by atoms with Gasteiger partial charge < -0.3 is 15.1 Å². The molecule has 0 radical (unpaired) electrons. The Morgan fingerprint density at radius 1 is 1.35 bits per heavy atom. The summed E-state index contributed by atoms with van der Waals surface area (Å²) in [5.41, 5.74) is 5.89. The third-order valence-corrected chi connectivity index (χ3v) is 3.16. The van der Waals surface area contributed by atoms with Crippen LogP contribution in [0.1, 0.15) is 43.3 Å². The molecule has 0 aliphatic heterocycles. The largest absolute Gasteiger partial charge is 0.444 e. The second-order valence-corrected chi connectivity index (χ2v) is 5.01. The Labute approximate surface area is 109 Å². The molecule has 1 aromatic rings. The van der Waals surface area contributed by atoms with E-state index >= 15 is 0 Å². The van der Waals surface area contributed by atoms with Crippen molar-refractivity contribution in [3.63, 3.8) is 0 Å². The monoisotopic (exact) mass is 259 g/mol. The highest BCUT2D eigenvalue weighted by Crippen LogP contribution is 2.31. The van der Waals surface area contributed by atoms with E-state index in [-0.39, 0.29) is 12.4 Å². The average Bonchev–Trinajstić information content (AvgIpc) is 2.66. The highest BCUT2D eigenvalue weighted by Gasteiger charge is 2.23. The summed E-state index contributed by atoms with van der Waals surface area (Å²) in [7, 11) is 4.06. The Morgan fingerprint density at radius 3 is 2.59 bits per heavy atom. The van der Waals surface area contributed by atoms with E-state index in [1.54, 1.807) is 0 Å². The van der Waals surface area contributed by atoms with E-state index in [2.05, 4.69) is 9.88 Å². The molecule has 1 aromatic heterocycles. The number of aromatic nitrogens is 1. The molecule has 0 spiro atoms. The van der Waals surface area contributed by atoms with Crippen molar-refractivity contribution < 1.29 is 4.42 Å². The predicted molar refractivity (Wildman–Crippen MR) is 70.3 cm³/mol. The smallest absolute Gasteiger partial charge is 0.197 e. The average molecular weight is 260 g/mol. The normalized spacial score (nSPS) is 24.7. The number of halogens is 1. The van der Waals surface area contributed by atoms with Gasteiger partial charge in [0.15, 0.2) is 5.89 Å². The second kappa shape index (κ2) is 6.38. The van der Waals surface area contributed by atoms with Crippen molar-refractivity contribution in [3.05, 3.63) is 17.8 Å². The lowest BCUT2D eigenvalue weighted by atomic mass is 9.86. The highest BCUT2D eigenvalue weighted by molar-refractivity contribution is 5.85.